The molecular formula is C19H17N3OS. The Kier molecular flexibility index (Phi) is 5.23. The van der Waals surface area contributed by atoms with Gasteiger partial charge in [-0.2, -0.15) is 5.10 Å². The van der Waals surface area contributed by atoms with Crippen LogP contribution >= 0.6 is 11.8 Å². The van der Waals surface area contributed by atoms with E-state index in [0.717, 1.165) is 21.4 Å². The van der Waals surface area contributed by atoms with Gasteiger partial charge in [0.15, 0.2) is 0 Å². The number of aryl methyl sites for hydroxylation is 1. The number of fused-ring (bicyclic) bond motifs is 1. The molecule has 1 amide bonds. The first-order valence-corrected chi connectivity index (χ1v) is 8.56. The van der Waals surface area contributed by atoms with E-state index < -0.39 is 0 Å². The molecule has 0 saturated heterocycles. The summed E-state index contributed by atoms with van der Waals surface area (Å²) in [6, 6.07) is 17.8. The smallest absolute Gasteiger partial charge is 0.250 e. The van der Waals surface area contributed by atoms with Gasteiger partial charge in [0.2, 0.25) is 5.91 Å². The molecule has 5 heteroatoms. The molecule has 0 saturated carbocycles. The predicted octanol–water partition coefficient (Wildman–Crippen LogP) is 3.79. The van der Waals surface area contributed by atoms with E-state index in [4.69, 9.17) is 0 Å². The van der Waals surface area contributed by atoms with Crippen molar-refractivity contribution in [1.29, 1.82) is 0 Å². The van der Waals surface area contributed by atoms with Crippen molar-refractivity contribution in [2.75, 3.05) is 5.75 Å². The van der Waals surface area contributed by atoms with Crippen molar-refractivity contribution in [1.82, 2.24) is 10.4 Å². The molecular weight excluding hydrogens is 318 g/mol. The maximum Gasteiger partial charge on any atom is 0.250 e. The molecule has 24 heavy (non-hydrogen) atoms. The van der Waals surface area contributed by atoms with Gasteiger partial charge in [-0.3, -0.25) is 9.78 Å². The van der Waals surface area contributed by atoms with E-state index in [-0.39, 0.29) is 5.91 Å². The van der Waals surface area contributed by atoms with E-state index in [1.807, 2.05) is 61.5 Å². The van der Waals surface area contributed by atoms with E-state index in [0.29, 0.717) is 5.75 Å². The van der Waals surface area contributed by atoms with Crippen LogP contribution in [0.2, 0.25) is 0 Å². The summed E-state index contributed by atoms with van der Waals surface area (Å²) in [4.78, 5) is 17.3. The molecule has 0 aliphatic heterocycles. The Morgan fingerprint density at radius 1 is 1.17 bits per heavy atom. The number of amides is 1. The summed E-state index contributed by atoms with van der Waals surface area (Å²) in [7, 11) is 0. The lowest BCUT2D eigenvalue weighted by molar-refractivity contribution is -0.118. The predicted molar refractivity (Wildman–Crippen MR) is 99.4 cm³/mol. The van der Waals surface area contributed by atoms with E-state index in [2.05, 4.69) is 15.5 Å². The number of benzene rings is 2. The number of thioether (sulfide) groups is 1. The highest BCUT2D eigenvalue weighted by molar-refractivity contribution is 8.00. The number of hydrogen-bond donors (Lipinski definition) is 1. The Morgan fingerprint density at radius 3 is 2.79 bits per heavy atom. The van der Waals surface area contributed by atoms with Gasteiger partial charge in [-0.25, -0.2) is 5.43 Å². The van der Waals surface area contributed by atoms with Gasteiger partial charge in [0, 0.05) is 16.5 Å². The monoisotopic (exact) mass is 335 g/mol. The minimum absolute atomic E-state index is 0.142. The first kappa shape index (κ1) is 16.2. The number of hydrogen-bond acceptors (Lipinski definition) is 4. The second-order valence-corrected chi connectivity index (χ2v) is 6.34. The summed E-state index contributed by atoms with van der Waals surface area (Å²) >= 11 is 1.46. The molecule has 120 valence electrons. The van der Waals surface area contributed by atoms with Gasteiger partial charge >= 0.3 is 0 Å². The molecule has 4 nitrogen and oxygen atoms in total. The SMILES string of the molecule is Cc1ccc(/C=N\NC(=O)CSc2cccc3cccnc23)cc1. The van der Waals surface area contributed by atoms with Gasteiger partial charge in [0.05, 0.1) is 17.5 Å². The molecule has 0 spiro atoms. The molecule has 0 radical (unpaired) electrons. The summed E-state index contributed by atoms with van der Waals surface area (Å²) in [5.41, 5.74) is 5.61. The number of hydrazone groups is 1. The van der Waals surface area contributed by atoms with Crippen molar-refractivity contribution in [2.24, 2.45) is 5.10 Å². The lowest BCUT2D eigenvalue weighted by Crippen LogP contribution is -2.19. The molecule has 0 unspecified atom stereocenters. The maximum absolute atomic E-state index is 11.9. The van der Waals surface area contributed by atoms with Crippen LogP contribution in [0.1, 0.15) is 11.1 Å². The summed E-state index contributed by atoms with van der Waals surface area (Å²) < 4.78 is 0. The number of rotatable bonds is 5. The first-order valence-electron chi connectivity index (χ1n) is 7.57. The molecule has 1 aromatic heterocycles. The number of para-hydroxylation sites is 1. The molecule has 2 aromatic carbocycles. The highest BCUT2D eigenvalue weighted by Gasteiger charge is 2.05. The lowest BCUT2D eigenvalue weighted by atomic mass is 10.2. The third-order valence-electron chi connectivity index (χ3n) is 3.43. The van der Waals surface area contributed by atoms with Crippen LogP contribution in [0.4, 0.5) is 0 Å². The average Bonchev–Trinajstić information content (AvgIpc) is 2.61. The molecule has 0 aliphatic carbocycles. The minimum Gasteiger partial charge on any atom is -0.272 e. The number of pyridine rings is 1. The third kappa shape index (κ3) is 4.20. The molecule has 1 N–H and O–H groups in total. The number of carbonyl (C=O) groups is 1. The fraction of sp³-hybridized carbons (Fsp3) is 0.105. The normalized spacial score (nSPS) is 11.0. The van der Waals surface area contributed by atoms with Gasteiger partial charge in [-0.15, -0.1) is 11.8 Å². The molecule has 3 rings (SSSR count). The fourth-order valence-corrected chi connectivity index (χ4v) is 3.03. The Hall–Kier alpha value is -2.66. The second-order valence-electron chi connectivity index (χ2n) is 5.32. The first-order chi connectivity index (χ1) is 11.7. The Labute approximate surface area is 145 Å². The van der Waals surface area contributed by atoms with Crippen molar-refractivity contribution >= 4 is 34.8 Å². The molecule has 0 atom stereocenters. The molecule has 0 bridgehead atoms. The van der Waals surface area contributed by atoms with E-state index in [9.17, 15) is 4.79 Å². The van der Waals surface area contributed by atoms with E-state index in [1.165, 1.54) is 17.3 Å². The Bertz CT molecular complexity index is 870. The minimum atomic E-state index is -0.142. The second kappa shape index (κ2) is 7.75. The van der Waals surface area contributed by atoms with Crippen LogP contribution in [0.3, 0.4) is 0 Å². The number of nitrogens with one attached hydrogen (secondary N) is 1. The lowest BCUT2D eigenvalue weighted by Gasteiger charge is -2.04. The van der Waals surface area contributed by atoms with Crippen molar-refractivity contribution in [3.63, 3.8) is 0 Å². The van der Waals surface area contributed by atoms with E-state index in [1.54, 1.807) is 12.4 Å². The quantitative estimate of drug-likeness (QED) is 0.438. The Morgan fingerprint density at radius 2 is 1.96 bits per heavy atom. The van der Waals surface area contributed by atoms with Crippen LogP contribution < -0.4 is 5.43 Å². The number of nitrogens with zero attached hydrogens (tertiary/aromatic N) is 2. The molecule has 0 fully saturated rings. The fourth-order valence-electron chi connectivity index (χ4n) is 2.20. The Balaban J connectivity index is 1.56. The number of aromatic nitrogens is 1. The maximum atomic E-state index is 11.9. The van der Waals surface area contributed by atoms with Crippen LogP contribution in [0.5, 0.6) is 0 Å². The summed E-state index contributed by atoms with van der Waals surface area (Å²) in [5.74, 6) is 0.150. The topological polar surface area (TPSA) is 54.4 Å². The van der Waals surface area contributed by atoms with Crippen molar-refractivity contribution in [3.8, 4) is 0 Å². The molecule has 1 heterocycles. The average molecular weight is 335 g/mol. The van der Waals surface area contributed by atoms with Crippen molar-refractivity contribution in [2.45, 2.75) is 11.8 Å². The molecule has 3 aromatic rings. The standard InChI is InChI=1S/C19H17N3OS/c1-14-7-9-15(10-8-14)12-21-22-18(23)13-24-17-6-2-4-16-5-3-11-20-19(16)17/h2-12H,13H2,1H3,(H,22,23)/b21-12-. The van der Waals surface area contributed by atoms with Crippen LogP contribution in [0.15, 0.2) is 70.8 Å². The van der Waals surface area contributed by atoms with Gasteiger partial charge in [-0.1, -0.05) is 48.0 Å². The third-order valence-corrected chi connectivity index (χ3v) is 4.48. The van der Waals surface area contributed by atoms with Crippen LogP contribution in [-0.2, 0) is 4.79 Å². The zero-order valence-corrected chi connectivity index (χ0v) is 14.1. The largest absolute Gasteiger partial charge is 0.272 e. The highest BCUT2D eigenvalue weighted by Crippen LogP contribution is 2.25. The summed E-state index contributed by atoms with van der Waals surface area (Å²) in [6.07, 6.45) is 3.40. The number of carbonyl (C=O) groups excluding carboxylic acids is 1. The van der Waals surface area contributed by atoms with E-state index >= 15 is 0 Å². The van der Waals surface area contributed by atoms with Crippen LogP contribution in [-0.4, -0.2) is 22.9 Å². The zero-order valence-electron chi connectivity index (χ0n) is 13.3. The zero-order chi connectivity index (χ0) is 16.8. The van der Waals surface area contributed by atoms with Crippen molar-refractivity contribution in [3.05, 3.63) is 71.9 Å². The van der Waals surface area contributed by atoms with Gasteiger partial charge in [-0.05, 0) is 24.6 Å². The van der Waals surface area contributed by atoms with Gasteiger partial charge in [0.1, 0.15) is 0 Å². The van der Waals surface area contributed by atoms with Crippen molar-refractivity contribution < 1.29 is 4.79 Å². The highest BCUT2D eigenvalue weighted by atomic mass is 32.2. The van der Waals surface area contributed by atoms with Gasteiger partial charge in [0.25, 0.3) is 0 Å². The van der Waals surface area contributed by atoms with Crippen LogP contribution in [0.25, 0.3) is 10.9 Å². The molecule has 0 aliphatic rings. The van der Waals surface area contributed by atoms with Crippen LogP contribution in [0, 0.1) is 6.92 Å². The van der Waals surface area contributed by atoms with Gasteiger partial charge < -0.3 is 0 Å². The summed E-state index contributed by atoms with van der Waals surface area (Å²) in [6.45, 7) is 2.03. The summed E-state index contributed by atoms with van der Waals surface area (Å²) in [5, 5.41) is 5.06.